The number of hydrogen-bond donors (Lipinski definition) is 1. The van der Waals surface area contributed by atoms with Crippen molar-refractivity contribution in [1.82, 2.24) is 14.7 Å². The van der Waals surface area contributed by atoms with Gasteiger partial charge in [0.25, 0.3) is 0 Å². The Morgan fingerprint density at radius 2 is 2.10 bits per heavy atom. The van der Waals surface area contributed by atoms with Crippen LogP contribution in [0.4, 0.5) is 13.2 Å². The number of aryl methyl sites for hydroxylation is 1. The van der Waals surface area contributed by atoms with Crippen LogP contribution in [0, 0.1) is 6.92 Å². The molecule has 0 radical (unpaired) electrons. The summed E-state index contributed by atoms with van der Waals surface area (Å²) in [6.45, 7) is 2.10. The minimum atomic E-state index is -4.38. The van der Waals surface area contributed by atoms with Gasteiger partial charge in [0, 0.05) is 11.4 Å². The third kappa shape index (κ3) is 3.71. The molecule has 1 aromatic heterocycles. The van der Waals surface area contributed by atoms with Crippen LogP contribution < -0.4 is 5.32 Å². The highest BCUT2D eigenvalue weighted by molar-refractivity contribution is 8.01. The van der Waals surface area contributed by atoms with E-state index in [1.54, 1.807) is 20.0 Å². The second-order valence-corrected chi connectivity index (χ2v) is 6.11. The smallest absolute Gasteiger partial charge is 0.316 e. The number of hydrogen-bond acceptors (Lipinski definition) is 5. The molecular formula is C12H12F3N3S2. The van der Waals surface area contributed by atoms with Gasteiger partial charge in [-0.25, -0.2) is 4.98 Å². The molecular weight excluding hydrogens is 307 g/mol. The van der Waals surface area contributed by atoms with Crippen molar-refractivity contribution in [3.05, 3.63) is 35.2 Å². The van der Waals surface area contributed by atoms with Crippen LogP contribution in [0.15, 0.2) is 27.4 Å². The number of rotatable bonds is 4. The van der Waals surface area contributed by atoms with Crippen molar-refractivity contribution in [2.75, 3.05) is 7.05 Å². The maximum atomic E-state index is 13.1. The molecule has 0 aliphatic carbocycles. The Kier molecular flexibility index (Phi) is 4.66. The summed E-state index contributed by atoms with van der Waals surface area (Å²) >= 11 is 2.09. The highest BCUT2D eigenvalue weighted by Gasteiger charge is 2.34. The van der Waals surface area contributed by atoms with Gasteiger partial charge < -0.3 is 5.32 Å². The van der Waals surface area contributed by atoms with E-state index in [0.717, 1.165) is 23.3 Å². The molecule has 0 unspecified atom stereocenters. The van der Waals surface area contributed by atoms with E-state index in [2.05, 4.69) is 14.7 Å². The number of aromatic nitrogens is 2. The second-order valence-electron chi connectivity index (χ2n) is 4.07. The lowest BCUT2D eigenvalue weighted by atomic mass is 10.1. The molecule has 2 aromatic rings. The van der Waals surface area contributed by atoms with Crippen LogP contribution in [0.1, 0.15) is 17.0 Å². The number of alkyl halides is 3. The summed E-state index contributed by atoms with van der Waals surface area (Å²) in [5, 5.41) is 2.84. The zero-order chi connectivity index (χ0) is 14.8. The van der Waals surface area contributed by atoms with E-state index in [9.17, 15) is 13.2 Å². The maximum absolute atomic E-state index is 13.1. The van der Waals surface area contributed by atoms with E-state index in [1.807, 2.05) is 0 Å². The van der Waals surface area contributed by atoms with Gasteiger partial charge in [-0.15, -0.1) is 0 Å². The first kappa shape index (κ1) is 15.3. The van der Waals surface area contributed by atoms with Crippen molar-refractivity contribution < 1.29 is 13.2 Å². The van der Waals surface area contributed by atoms with E-state index in [4.69, 9.17) is 0 Å². The number of halogens is 3. The van der Waals surface area contributed by atoms with Gasteiger partial charge in [0.1, 0.15) is 5.82 Å². The minimum absolute atomic E-state index is 0.147. The molecule has 0 saturated carbocycles. The van der Waals surface area contributed by atoms with Crippen molar-refractivity contribution in [3.8, 4) is 0 Å². The first-order chi connectivity index (χ1) is 9.40. The summed E-state index contributed by atoms with van der Waals surface area (Å²) in [6.07, 6.45) is -4.38. The first-order valence-corrected chi connectivity index (χ1v) is 7.32. The van der Waals surface area contributed by atoms with Gasteiger partial charge in [-0.3, -0.25) is 0 Å². The zero-order valence-electron chi connectivity index (χ0n) is 10.8. The second kappa shape index (κ2) is 6.11. The third-order valence-corrected chi connectivity index (χ3v) is 4.35. The average Bonchev–Trinajstić information content (AvgIpc) is 2.76. The molecule has 1 heterocycles. The van der Waals surface area contributed by atoms with Gasteiger partial charge in [0.2, 0.25) is 0 Å². The van der Waals surface area contributed by atoms with Crippen LogP contribution >= 0.6 is 23.3 Å². The van der Waals surface area contributed by atoms with Gasteiger partial charge in [-0.2, -0.15) is 17.5 Å². The molecule has 20 heavy (non-hydrogen) atoms. The highest BCUT2D eigenvalue weighted by atomic mass is 32.2. The topological polar surface area (TPSA) is 37.8 Å². The maximum Gasteiger partial charge on any atom is 0.417 e. The lowest BCUT2D eigenvalue weighted by Gasteiger charge is -2.13. The molecule has 8 heteroatoms. The van der Waals surface area contributed by atoms with Gasteiger partial charge in [-0.05, 0) is 43.2 Å². The molecule has 0 atom stereocenters. The normalized spacial score (nSPS) is 11.8. The molecule has 0 bridgehead atoms. The summed E-state index contributed by atoms with van der Waals surface area (Å²) in [5.41, 5.74) is -0.0410. The Bertz CT molecular complexity index is 596. The summed E-state index contributed by atoms with van der Waals surface area (Å²) in [4.78, 5) is 4.23. The van der Waals surface area contributed by atoms with Crippen molar-refractivity contribution in [2.45, 2.75) is 28.9 Å². The van der Waals surface area contributed by atoms with Gasteiger partial charge in [0.15, 0.2) is 4.34 Å². The Morgan fingerprint density at radius 1 is 1.35 bits per heavy atom. The fourth-order valence-corrected chi connectivity index (χ4v) is 3.36. The van der Waals surface area contributed by atoms with E-state index in [0.29, 0.717) is 22.3 Å². The monoisotopic (exact) mass is 319 g/mol. The molecule has 1 N–H and O–H groups in total. The van der Waals surface area contributed by atoms with Gasteiger partial charge in [0.05, 0.1) is 5.56 Å². The fraction of sp³-hybridized carbons (Fsp3) is 0.333. The third-order valence-electron chi connectivity index (χ3n) is 2.44. The van der Waals surface area contributed by atoms with Crippen LogP contribution in [-0.4, -0.2) is 16.4 Å². The molecule has 0 amide bonds. The molecule has 1 aromatic carbocycles. The lowest BCUT2D eigenvalue weighted by Crippen LogP contribution is -2.10. The van der Waals surface area contributed by atoms with Gasteiger partial charge >= 0.3 is 6.18 Å². The minimum Gasteiger partial charge on any atom is -0.316 e. The predicted molar refractivity (Wildman–Crippen MR) is 73.0 cm³/mol. The molecule has 0 saturated heterocycles. The zero-order valence-corrected chi connectivity index (χ0v) is 12.4. The predicted octanol–water partition coefficient (Wildman–Crippen LogP) is 3.74. The molecule has 3 nitrogen and oxygen atoms in total. The van der Waals surface area contributed by atoms with Gasteiger partial charge in [-0.1, -0.05) is 17.8 Å². The summed E-state index contributed by atoms with van der Waals surface area (Å²) in [6, 6.07) is 4.34. The number of nitrogens with one attached hydrogen (secondary N) is 1. The van der Waals surface area contributed by atoms with Crippen LogP contribution in [-0.2, 0) is 12.7 Å². The van der Waals surface area contributed by atoms with Crippen molar-refractivity contribution >= 4 is 23.3 Å². The average molecular weight is 319 g/mol. The Morgan fingerprint density at radius 3 is 2.65 bits per heavy atom. The molecule has 0 aliphatic heterocycles. The SMILES string of the molecule is CNCc1ccc(Sc2nc(C)ns2)c(C(F)(F)F)c1. The standard InChI is InChI=1S/C12H12F3N3S2/c1-7-17-11(20-18-7)19-10-4-3-8(6-16-2)5-9(10)12(13,14)15/h3-5,16H,6H2,1-2H3. The Hall–Kier alpha value is -1.12. The summed E-state index contributed by atoms with van der Waals surface area (Å²) < 4.78 is 43.8. The quantitative estimate of drug-likeness (QED) is 0.932. The Labute approximate surface area is 122 Å². The number of benzene rings is 1. The largest absolute Gasteiger partial charge is 0.417 e. The van der Waals surface area contributed by atoms with Crippen molar-refractivity contribution in [3.63, 3.8) is 0 Å². The van der Waals surface area contributed by atoms with Crippen LogP contribution in [0.5, 0.6) is 0 Å². The summed E-state index contributed by atoms with van der Waals surface area (Å²) in [7, 11) is 1.69. The lowest BCUT2D eigenvalue weighted by molar-refractivity contribution is -0.139. The van der Waals surface area contributed by atoms with E-state index >= 15 is 0 Å². The van der Waals surface area contributed by atoms with E-state index < -0.39 is 11.7 Å². The highest BCUT2D eigenvalue weighted by Crippen LogP contribution is 2.40. The van der Waals surface area contributed by atoms with Crippen LogP contribution in [0.2, 0.25) is 0 Å². The number of nitrogens with zero attached hydrogens (tertiary/aromatic N) is 2. The molecule has 0 aliphatic rings. The fourth-order valence-electron chi connectivity index (χ4n) is 1.62. The molecule has 0 fully saturated rings. The van der Waals surface area contributed by atoms with E-state index in [1.165, 1.54) is 12.1 Å². The molecule has 108 valence electrons. The van der Waals surface area contributed by atoms with Crippen molar-refractivity contribution in [2.24, 2.45) is 0 Å². The molecule has 0 spiro atoms. The van der Waals surface area contributed by atoms with Crippen molar-refractivity contribution in [1.29, 1.82) is 0 Å². The molecule has 2 rings (SSSR count). The van der Waals surface area contributed by atoms with E-state index in [-0.39, 0.29) is 4.90 Å². The first-order valence-electron chi connectivity index (χ1n) is 5.73. The Balaban J connectivity index is 2.36. The van der Waals surface area contributed by atoms with Crippen LogP contribution in [0.3, 0.4) is 0 Å². The summed E-state index contributed by atoms with van der Waals surface area (Å²) in [5.74, 6) is 0.567. The van der Waals surface area contributed by atoms with Crippen LogP contribution in [0.25, 0.3) is 0 Å².